The van der Waals surface area contributed by atoms with Gasteiger partial charge in [0.25, 0.3) is 0 Å². The molecular formula is C25H24N2O3S. The van der Waals surface area contributed by atoms with E-state index < -0.39 is 9.84 Å². The first-order valence-corrected chi connectivity index (χ1v) is 11.9. The number of hydrogen-bond donors (Lipinski definition) is 1. The Balaban J connectivity index is 1.92. The van der Waals surface area contributed by atoms with Gasteiger partial charge in [-0.15, -0.1) is 0 Å². The SMILES string of the molecule is Cc1ccccc1-c1c(-c2ccc(S(C)(=O)=O)cc2)nn(Cc2ccccc2)c1CO. The van der Waals surface area contributed by atoms with Crippen molar-refractivity contribution >= 4 is 9.84 Å². The van der Waals surface area contributed by atoms with Crippen LogP contribution in [-0.2, 0) is 23.0 Å². The fourth-order valence-corrected chi connectivity index (χ4v) is 4.37. The third kappa shape index (κ3) is 4.31. The van der Waals surface area contributed by atoms with Gasteiger partial charge in [-0.3, -0.25) is 4.68 Å². The molecule has 31 heavy (non-hydrogen) atoms. The number of benzene rings is 3. The van der Waals surface area contributed by atoms with Crippen molar-refractivity contribution in [1.29, 1.82) is 0 Å². The third-order valence-electron chi connectivity index (χ3n) is 5.35. The summed E-state index contributed by atoms with van der Waals surface area (Å²) in [6, 6.07) is 24.7. The van der Waals surface area contributed by atoms with Gasteiger partial charge in [0.05, 0.1) is 23.7 Å². The lowest BCUT2D eigenvalue weighted by Crippen LogP contribution is -2.07. The second-order valence-electron chi connectivity index (χ2n) is 7.58. The van der Waals surface area contributed by atoms with Crippen LogP contribution in [0.5, 0.6) is 0 Å². The molecule has 1 heterocycles. The first kappa shape index (κ1) is 21.0. The van der Waals surface area contributed by atoms with Crippen molar-refractivity contribution in [2.24, 2.45) is 0 Å². The second-order valence-corrected chi connectivity index (χ2v) is 9.60. The maximum Gasteiger partial charge on any atom is 0.175 e. The van der Waals surface area contributed by atoms with Crippen LogP contribution in [-0.4, -0.2) is 29.6 Å². The van der Waals surface area contributed by atoms with Crippen molar-refractivity contribution in [3.8, 4) is 22.4 Å². The van der Waals surface area contributed by atoms with Crippen LogP contribution < -0.4 is 0 Å². The highest BCUT2D eigenvalue weighted by Crippen LogP contribution is 2.37. The van der Waals surface area contributed by atoms with Crippen LogP contribution in [0.2, 0.25) is 0 Å². The van der Waals surface area contributed by atoms with Crippen LogP contribution in [0.3, 0.4) is 0 Å². The molecule has 0 atom stereocenters. The van der Waals surface area contributed by atoms with E-state index in [0.717, 1.165) is 33.5 Å². The molecule has 5 nitrogen and oxygen atoms in total. The number of aromatic nitrogens is 2. The molecule has 0 aliphatic rings. The summed E-state index contributed by atoms with van der Waals surface area (Å²) in [4.78, 5) is 0.264. The predicted octanol–water partition coefficient (Wildman–Crippen LogP) is 4.47. The molecule has 0 bridgehead atoms. The van der Waals surface area contributed by atoms with E-state index in [9.17, 15) is 13.5 Å². The summed E-state index contributed by atoms with van der Waals surface area (Å²) in [5.41, 5.74) is 6.25. The topological polar surface area (TPSA) is 72.2 Å². The maximum absolute atomic E-state index is 11.9. The molecule has 0 unspecified atom stereocenters. The largest absolute Gasteiger partial charge is 0.390 e. The Kier molecular flexibility index (Phi) is 5.76. The molecule has 0 aliphatic heterocycles. The number of aliphatic hydroxyl groups is 1. The minimum absolute atomic E-state index is 0.162. The number of rotatable bonds is 6. The molecule has 0 saturated carbocycles. The van der Waals surface area contributed by atoms with E-state index in [0.29, 0.717) is 12.2 Å². The molecular weight excluding hydrogens is 408 g/mol. The van der Waals surface area contributed by atoms with Crippen LogP contribution in [0, 0.1) is 6.92 Å². The minimum Gasteiger partial charge on any atom is -0.390 e. The highest BCUT2D eigenvalue weighted by Gasteiger charge is 2.22. The Morgan fingerprint density at radius 1 is 0.903 bits per heavy atom. The van der Waals surface area contributed by atoms with Gasteiger partial charge in [-0.1, -0.05) is 66.7 Å². The van der Waals surface area contributed by atoms with Gasteiger partial charge in [0.2, 0.25) is 0 Å². The average Bonchev–Trinajstić information content (AvgIpc) is 3.12. The van der Waals surface area contributed by atoms with E-state index in [1.807, 2.05) is 66.2 Å². The third-order valence-corrected chi connectivity index (χ3v) is 6.48. The highest BCUT2D eigenvalue weighted by atomic mass is 32.2. The maximum atomic E-state index is 11.9. The van der Waals surface area contributed by atoms with Gasteiger partial charge in [-0.2, -0.15) is 5.10 Å². The number of aryl methyl sites for hydroxylation is 1. The first-order valence-electron chi connectivity index (χ1n) is 9.99. The first-order chi connectivity index (χ1) is 14.9. The van der Waals surface area contributed by atoms with Gasteiger partial charge in [0.1, 0.15) is 5.69 Å². The predicted molar refractivity (Wildman–Crippen MR) is 122 cm³/mol. The monoisotopic (exact) mass is 432 g/mol. The number of hydrogen-bond acceptors (Lipinski definition) is 4. The number of nitrogens with zero attached hydrogens (tertiary/aromatic N) is 2. The highest BCUT2D eigenvalue weighted by molar-refractivity contribution is 7.90. The molecule has 1 N–H and O–H groups in total. The summed E-state index contributed by atoms with van der Waals surface area (Å²) in [7, 11) is -3.28. The Hall–Kier alpha value is -3.22. The fourth-order valence-electron chi connectivity index (χ4n) is 3.74. The zero-order valence-electron chi connectivity index (χ0n) is 17.5. The van der Waals surface area contributed by atoms with Gasteiger partial charge in [0.15, 0.2) is 9.84 Å². The minimum atomic E-state index is -3.28. The normalized spacial score (nSPS) is 11.6. The Morgan fingerprint density at radius 3 is 2.16 bits per heavy atom. The molecule has 0 aliphatic carbocycles. The average molecular weight is 433 g/mol. The summed E-state index contributed by atoms with van der Waals surface area (Å²) in [5, 5.41) is 15.2. The van der Waals surface area contributed by atoms with Crippen molar-refractivity contribution in [3.63, 3.8) is 0 Å². The van der Waals surface area contributed by atoms with Crippen LogP contribution in [0.15, 0.2) is 83.8 Å². The van der Waals surface area contributed by atoms with E-state index in [-0.39, 0.29) is 11.5 Å². The van der Waals surface area contributed by atoms with Gasteiger partial charge in [0, 0.05) is 17.4 Å². The molecule has 0 saturated heterocycles. The van der Waals surface area contributed by atoms with Crippen LogP contribution in [0.4, 0.5) is 0 Å². The summed E-state index contributed by atoms with van der Waals surface area (Å²) in [5.74, 6) is 0. The van der Waals surface area contributed by atoms with E-state index in [4.69, 9.17) is 5.10 Å². The summed E-state index contributed by atoms with van der Waals surface area (Å²) in [6.07, 6.45) is 1.19. The van der Waals surface area contributed by atoms with E-state index in [1.165, 1.54) is 6.26 Å². The molecule has 0 radical (unpaired) electrons. The van der Waals surface area contributed by atoms with Crippen molar-refractivity contribution in [2.75, 3.05) is 6.26 Å². The zero-order valence-corrected chi connectivity index (χ0v) is 18.3. The van der Waals surface area contributed by atoms with Crippen LogP contribution >= 0.6 is 0 Å². The molecule has 0 amide bonds. The van der Waals surface area contributed by atoms with Crippen molar-refractivity contribution < 1.29 is 13.5 Å². The Labute approximate surface area is 182 Å². The zero-order chi connectivity index (χ0) is 22.0. The lowest BCUT2D eigenvalue weighted by molar-refractivity contribution is 0.269. The smallest absolute Gasteiger partial charge is 0.175 e. The number of sulfone groups is 1. The molecule has 0 fully saturated rings. The lowest BCUT2D eigenvalue weighted by Gasteiger charge is -2.10. The van der Waals surface area contributed by atoms with Crippen LogP contribution in [0.1, 0.15) is 16.8 Å². The summed E-state index contributed by atoms with van der Waals surface area (Å²) >= 11 is 0. The molecule has 3 aromatic carbocycles. The van der Waals surface area contributed by atoms with Crippen LogP contribution in [0.25, 0.3) is 22.4 Å². The van der Waals surface area contributed by atoms with Gasteiger partial charge in [-0.05, 0) is 35.7 Å². The van der Waals surface area contributed by atoms with Crippen molar-refractivity contribution in [2.45, 2.75) is 25.0 Å². The van der Waals surface area contributed by atoms with E-state index >= 15 is 0 Å². The van der Waals surface area contributed by atoms with E-state index in [2.05, 4.69) is 0 Å². The fraction of sp³-hybridized carbons (Fsp3) is 0.160. The summed E-state index contributed by atoms with van der Waals surface area (Å²) in [6.45, 7) is 2.39. The Bertz CT molecular complexity index is 1310. The van der Waals surface area contributed by atoms with Gasteiger partial charge < -0.3 is 5.11 Å². The molecule has 6 heteroatoms. The molecule has 0 spiro atoms. The van der Waals surface area contributed by atoms with Gasteiger partial charge >= 0.3 is 0 Å². The molecule has 4 rings (SSSR count). The molecule has 4 aromatic rings. The lowest BCUT2D eigenvalue weighted by atomic mass is 9.95. The van der Waals surface area contributed by atoms with Crippen molar-refractivity contribution in [3.05, 3.63) is 95.7 Å². The van der Waals surface area contributed by atoms with Crippen molar-refractivity contribution in [1.82, 2.24) is 9.78 Å². The quantitative estimate of drug-likeness (QED) is 0.488. The number of aliphatic hydroxyl groups excluding tert-OH is 1. The molecule has 1 aromatic heterocycles. The Morgan fingerprint density at radius 2 is 1.55 bits per heavy atom. The standard InChI is InChI=1S/C25H24N2O3S/c1-18-8-6-7-11-22(18)24-23(17-28)27(16-19-9-4-3-5-10-19)26-25(24)20-12-14-21(15-13-20)31(2,29)30/h3-15,28H,16-17H2,1-2H3. The second kappa shape index (κ2) is 8.49. The molecule has 158 valence electrons. The summed E-state index contributed by atoms with van der Waals surface area (Å²) < 4.78 is 25.6. The van der Waals surface area contributed by atoms with E-state index in [1.54, 1.807) is 24.3 Å². The van der Waals surface area contributed by atoms with Gasteiger partial charge in [-0.25, -0.2) is 8.42 Å².